The molecule has 31 heavy (non-hydrogen) atoms. The maximum Gasteiger partial charge on any atom is 0.255 e. The summed E-state index contributed by atoms with van der Waals surface area (Å²) in [6.45, 7) is 1.21. The van der Waals surface area contributed by atoms with E-state index in [9.17, 15) is 9.18 Å². The minimum Gasteiger partial charge on any atom is -0.492 e. The van der Waals surface area contributed by atoms with E-state index in [-0.39, 0.29) is 24.5 Å². The largest absolute Gasteiger partial charge is 0.492 e. The van der Waals surface area contributed by atoms with Crippen molar-refractivity contribution in [3.05, 3.63) is 105 Å². The predicted molar refractivity (Wildman–Crippen MR) is 120 cm³/mol. The first-order valence-corrected chi connectivity index (χ1v) is 10.3. The van der Waals surface area contributed by atoms with Gasteiger partial charge in [0.05, 0.1) is 17.8 Å². The van der Waals surface area contributed by atoms with Crippen LogP contribution in [0.4, 0.5) is 4.39 Å². The molecule has 0 bridgehead atoms. The van der Waals surface area contributed by atoms with Crippen molar-refractivity contribution in [1.29, 1.82) is 0 Å². The van der Waals surface area contributed by atoms with Crippen LogP contribution in [0.2, 0.25) is 5.02 Å². The van der Waals surface area contributed by atoms with Gasteiger partial charge < -0.3 is 14.6 Å². The molecular formula is C24H21ClFN3O2. The molecule has 2 aromatic carbocycles. The van der Waals surface area contributed by atoms with Crippen LogP contribution < -0.4 is 15.6 Å². The highest BCUT2D eigenvalue weighted by Crippen LogP contribution is 2.19. The van der Waals surface area contributed by atoms with Crippen molar-refractivity contribution in [1.82, 2.24) is 14.9 Å². The molecule has 2 aromatic heterocycles. The molecule has 0 amide bonds. The van der Waals surface area contributed by atoms with Gasteiger partial charge in [0.2, 0.25) is 0 Å². The van der Waals surface area contributed by atoms with E-state index < -0.39 is 0 Å². The van der Waals surface area contributed by atoms with Gasteiger partial charge in [-0.1, -0.05) is 35.9 Å². The lowest BCUT2D eigenvalue weighted by Crippen LogP contribution is -2.29. The molecule has 0 spiro atoms. The third-order valence-electron chi connectivity index (χ3n) is 4.90. The van der Waals surface area contributed by atoms with Crippen LogP contribution in [0.15, 0.2) is 77.7 Å². The number of aromatic nitrogens is 2. The van der Waals surface area contributed by atoms with Crippen molar-refractivity contribution < 1.29 is 9.13 Å². The van der Waals surface area contributed by atoms with Gasteiger partial charge in [0.25, 0.3) is 5.56 Å². The molecule has 0 fully saturated rings. The average Bonchev–Trinajstić information content (AvgIpc) is 2.78. The third kappa shape index (κ3) is 5.10. The minimum atomic E-state index is -0.376. The summed E-state index contributed by atoms with van der Waals surface area (Å²) < 4.78 is 21.2. The van der Waals surface area contributed by atoms with Crippen molar-refractivity contribution in [2.45, 2.75) is 19.6 Å². The fraction of sp³-hybridized carbons (Fsp3) is 0.167. The number of rotatable bonds is 8. The zero-order valence-corrected chi connectivity index (χ0v) is 17.5. The van der Waals surface area contributed by atoms with Crippen LogP contribution in [0, 0.1) is 5.82 Å². The molecule has 0 saturated carbocycles. The first-order chi connectivity index (χ1) is 15.1. The number of hydrogen-bond donors (Lipinski definition) is 1. The molecule has 0 unspecified atom stereocenters. The predicted octanol–water partition coefficient (Wildman–Crippen LogP) is 4.56. The molecule has 0 atom stereocenters. The van der Waals surface area contributed by atoms with E-state index in [1.165, 1.54) is 6.07 Å². The molecule has 0 saturated heterocycles. The van der Waals surface area contributed by atoms with Crippen LogP contribution >= 0.6 is 11.6 Å². The first kappa shape index (κ1) is 21.0. The van der Waals surface area contributed by atoms with Gasteiger partial charge in [-0.2, -0.15) is 0 Å². The Hall–Kier alpha value is -3.22. The number of halogens is 2. The van der Waals surface area contributed by atoms with Crippen molar-refractivity contribution in [3.63, 3.8) is 0 Å². The number of pyridine rings is 2. The molecule has 0 aliphatic rings. The average molecular weight is 438 g/mol. The molecule has 5 nitrogen and oxygen atoms in total. The maximum absolute atomic E-state index is 13.8. The van der Waals surface area contributed by atoms with Crippen LogP contribution in [-0.2, 0) is 19.6 Å². The zero-order chi connectivity index (χ0) is 21.6. The van der Waals surface area contributed by atoms with Crippen molar-refractivity contribution in [2.24, 2.45) is 0 Å². The fourth-order valence-corrected chi connectivity index (χ4v) is 3.56. The highest BCUT2D eigenvalue weighted by atomic mass is 35.5. The SMILES string of the molecule is O=c1c(CNCc2ncccc2F)cc2ccc(Cl)cc2n1CCOc1ccccc1. The fourth-order valence-electron chi connectivity index (χ4n) is 3.39. The summed E-state index contributed by atoms with van der Waals surface area (Å²) in [4.78, 5) is 17.2. The first-order valence-electron chi connectivity index (χ1n) is 9.92. The van der Waals surface area contributed by atoms with E-state index >= 15 is 0 Å². The Morgan fingerprint density at radius 3 is 2.68 bits per heavy atom. The third-order valence-corrected chi connectivity index (χ3v) is 5.14. The Bertz CT molecular complexity index is 1240. The molecule has 7 heteroatoms. The summed E-state index contributed by atoms with van der Waals surface area (Å²) >= 11 is 6.18. The second kappa shape index (κ2) is 9.73. The zero-order valence-electron chi connectivity index (χ0n) is 16.7. The van der Waals surface area contributed by atoms with Gasteiger partial charge in [-0.3, -0.25) is 9.78 Å². The monoisotopic (exact) mass is 437 g/mol. The molecular weight excluding hydrogens is 417 g/mol. The molecule has 0 aliphatic carbocycles. The van der Waals surface area contributed by atoms with Crippen LogP contribution in [0.3, 0.4) is 0 Å². The number of nitrogens with one attached hydrogen (secondary N) is 1. The van der Waals surface area contributed by atoms with Crippen LogP contribution in [-0.4, -0.2) is 16.2 Å². The lowest BCUT2D eigenvalue weighted by Gasteiger charge is -2.14. The minimum absolute atomic E-state index is 0.138. The van der Waals surface area contributed by atoms with Gasteiger partial charge in [-0.25, -0.2) is 4.39 Å². The molecule has 0 radical (unpaired) electrons. The highest BCUT2D eigenvalue weighted by molar-refractivity contribution is 6.31. The quantitative estimate of drug-likeness (QED) is 0.439. The molecule has 1 N–H and O–H groups in total. The summed E-state index contributed by atoms with van der Waals surface area (Å²) in [7, 11) is 0. The topological polar surface area (TPSA) is 56.2 Å². The smallest absolute Gasteiger partial charge is 0.255 e. The Labute approximate surface area is 184 Å². The van der Waals surface area contributed by atoms with E-state index in [0.29, 0.717) is 29.4 Å². The number of hydrogen-bond acceptors (Lipinski definition) is 4. The molecule has 4 aromatic rings. The van der Waals surface area contributed by atoms with Gasteiger partial charge in [-0.15, -0.1) is 0 Å². The highest BCUT2D eigenvalue weighted by Gasteiger charge is 2.11. The van der Waals surface area contributed by atoms with Gasteiger partial charge in [0, 0.05) is 29.9 Å². The second-order valence-corrected chi connectivity index (χ2v) is 7.46. The summed E-state index contributed by atoms with van der Waals surface area (Å²) in [6, 6.07) is 19.6. The van der Waals surface area contributed by atoms with Crippen LogP contribution in [0.25, 0.3) is 10.9 Å². The second-order valence-electron chi connectivity index (χ2n) is 7.03. The van der Waals surface area contributed by atoms with Gasteiger partial charge in [0.15, 0.2) is 0 Å². The molecule has 2 heterocycles. The summed E-state index contributed by atoms with van der Waals surface area (Å²) in [5.74, 6) is 0.367. The number of ether oxygens (including phenoxy) is 1. The van der Waals surface area contributed by atoms with Crippen molar-refractivity contribution >= 4 is 22.5 Å². The van der Waals surface area contributed by atoms with Gasteiger partial charge in [0.1, 0.15) is 18.2 Å². The Kier molecular flexibility index (Phi) is 6.60. The van der Waals surface area contributed by atoms with E-state index in [4.69, 9.17) is 16.3 Å². The maximum atomic E-state index is 13.8. The van der Waals surface area contributed by atoms with Gasteiger partial charge >= 0.3 is 0 Å². The lowest BCUT2D eigenvalue weighted by atomic mass is 10.1. The number of fused-ring (bicyclic) bond motifs is 1. The van der Waals surface area contributed by atoms with Gasteiger partial charge in [-0.05, 0) is 47.9 Å². The molecule has 4 rings (SSSR count). The van der Waals surface area contributed by atoms with Crippen LogP contribution in [0.5, 0.6) is 5.75 Å². The molecule has 0 aliphatic heterocycles. The van der Waals surface area contributed by atoms with Crippen molar-refractivity contribution in [3.8, 4) is 5.75 Å². The number of para-hydroxylation sites is 1. The lowest BCUT2D eigenvalue weighted by molar-refractivity contribution is 0.298. The number of benzene rings is 2. The van der Waals surface area contributed by atoms with E-state index in [0.717, 1.165) is 16.7 Å². The summed E-state index contributed by atoms with van der Waals surface area (Å²) in [6.07, 6.45) is 1.54. The van der Waals surface area contributed by atoms with Crippen LogP contribution in [0.1, 0.15) is 11.3 Å². The van der Waals surface area contributed by atoms with Crippen molar-refractivity contribution in [2.75, 3.05) is 6.61 Å². The Morgan fingerprint density at radius 1 is 1.03 bits per heavy atom. The summed E-state index contributed by atoms with van der Waals surface area (Å²) in [5, 5.41) is 4.56. The normalized spacial score (nSPS) is 11.0. The van der Waals surface area contributed by atoms with E-state index in [1.807, 2.05) is 42.5 Å². The Morgan fingerprint density at radius 2 is 1.87 bits per heavy atom. The van der Waals surface area contributed by atoms with E-state index in [1.54, 1.807) is 29.0 Å². The number of nitrogens with zero attached hydrogens (tertiary/aromatic N) is 2. The standard InChI is InChI=1S/C24H21ClFN3O2/c25-19-9-8-17-13-18(15-27-16-22-21(26)7-4-10-28-22)24(30)29(23(17)14-19)11-12-31-20-5-2-1-3-6-20/h1-10,13-14,27H,11-12,15-16H2. The molecule has 158 valence electrons. The Balaban J connectivity index is 1.56. The summed E-state index contributed by atoms with van der Waals surface area (Å²) in [5.41, 5.74) is 1.49. The van der Waals surface area contributed by atoms with E-state index in [2.05, 4.69) is 10.3 Å².